The Bertz CT molecular complexity index is 626. The summed E-state index contributed by atoms with van der Waals surface area (Å²) in [4.78, 5) is 0.315. The van der Waals surface area contributed by atoms with Gasteiger partial charge >= 0.3 is 0 Å². The van der Waals surface area contributed by atoms with E-state index in [0.29, 0.717) is 11.4 Å². The normalized spacial score (nSPS) is 25.2. The molecule has 4 nitrogen and oxygen atoms in total. The van der Waals surface area contributed by atoms with Gasteiger partial charge in [0.05, 0.1) is 11.5 Å². The van der Waals surface area contributed by atoms with E-state index in [2.05, 4.69) is 5.32 Å². The summed E-state index contributed by atoms with van der Waals surface area (Å²) < 4.78 is 23.2. The van der Waals surface area contributed by atoms with Crippen LogP contribution in [0.3, 0.4) is 0 Å². The Morgan fingerprint density at radius 3 is 2.68 bits per heavy atom. The number of hydrogen-bond donors (Lipinski definition) is 2. The predicted octanol–water partition coefficient (Wildman–Crippen LogP) is 1.62. The number of nitrogens with two attached hydrogens (primary N) is 1. The van der Waals surface area contributed by atoms with E-state index in [1.165, 1.54) is 0 Å². The number of thiocarbonyl (C=S) groups is 1. The van der Waals surface area contributed by atoms with Crippen LogP contribution in [0.15, 0.2) is 18.2 Å². The molecule has 1 atom stereocenters. The van der Waals surface area contributed by atoms with E-state index in [1.54, 1.807) is 0 Å². The molecule has 0 bridgehead atoms. The molecule has 1 fully saturated rings. The smallest absolute Gasteiger partial charge is 0.152 e. The van der Waals surface area contributed by atoms with Crippen molar-refractivity contribution in [3.63, 3.8) is 0 Å². The predicted molar refractivity (Wildman–Crippen MR) is 82.4 cm³/mol. The number of anilines is 1. The van der Waals surface area contributed by atoms with Gasteiger partial charge < -0.3 is 11.1 Å². The molecular weight excluding hydrogens is 280 g/mol. The van der Waals surface area contributed by atoms with E-state index >= 15 is 0 Å². The second-order valence-electron chi connectivity index (χ2n) is 5.44. The maximum Gasteiger partial charge on any atom is 0.152 e. The molecule has 0 spiro atoms. The van der Waals surface area contributed by atoms with Gasteiger partial charge in [-0.05, 0) is 32.4 Å². The van der Waals surface area contributed by atoms with E-state index in [-0.39, 0.29) is 11.5 Å². The minimum Gasteiger partial charge on any atom is -0.389 e. The fraction of sp³-hybridized carbons (Fsp3) is 0.462. The van der Waals surface area contributed by atoms with Gasteiger partial charge in [0.15, 0.2) is 9.84 Å². The second kappa shape index (κ2) is 4.76. The highest BCUT2D eigenvalue weighted by atomic mass is 32.2. The van der Waals surface area contributed by atoms with E-state index in [1.807, 2.05) is 32.0 Å². The van der Waals surface area contributed by atoms with Crippen LogP contribution in [0.2, 0.25) is 0 Å². The van der Waals surface area contributed by atoms with Gasteiger partial charge in [0.25, 0.3) is 0 Å². The molecule has 0 aliphatic carbocycles. The van der Waals surface area contributed by atoms with Crippen LogP contribution in [0.25, 0.3) is 0 Å². The van der Waals surface area contributed by atoms with Crippen molar-refractivity contribution in [2.24, 2.45) is 5.73 Å². The van der Waals surface area contributed by atoms with Gasteiger partial charge in [-0.1, -0.05) is 23.8 Å². The molecule has 1 heterocycles. The quantitative estimate of drug-likeness (QED) is 0.830. The highest BCUT2D eigenvalue weighted by molar-refractivity contribution is 7.91. The largest absolute Gasteiger partial charge is 0.389 e. The number of rotatable bonds is 3. The van der Waals surface area contributed by atoms with Gasteiger partial charge in [-0.25, -0.2) is 8.42 Å². The number of hydrogen-bond acceptors (Lipinski definition) is 4. The fourth-order valence-electron chi connectivity index (χ4n) is 2.41. The zero-order chi connectivity index (χ0) is 14.3. The monoisotopic (exact) mass is 298 g/mol. The molecule has 1 aromatic carbocycles. The zero-order valence-corrected chi connectivity index (χ0v) is 12.7. The molecule has 19 heavy (non-hydrogen) atoms. The summed E-state index contributed by atoms with van der Waals surface area (Å²) in [5.74, 6) is 0.370. The van der Waals surface area contributed by atoms with Crippen molar-refractivity contribution in [3.05, 3.63) is 29.3 Å². The molecule has 1 aromatic rings. The Morgan fingerprint density at radius 2 is 2.16 bits per heavy atom. The van der Waals surface area contributed by atoms with Crippen LogP contribution in [0, 0.1) is 6.92 Å². The van der Waals surface area contributed by atoms with Gasteiger partial charge in [-0.3, -0.25) is 0 Å². The lowest BCUT2D eigenvalue weighted by Crippen LogP contribution is -2.36. The van der Waals surface area contributed by atoms with E-state index < -0.39 is 15.4 Å². The van der Waals surface area contributed by atoms with Crippen molar-refractivity contribution in [2.45, 2.75) is 25.8 Å². The lowest BCUT2D eigenvalue weighted by atomic mass is 10.00. The molecule has 0 aromatic heterocycles. The Kier molecular flexibility index (Phi) is 3.57. The summed E-state index contributed by atoms with van der Waals surface area (Å²) in [5.41, 5.74) is 7.91. The average molecular weight is 298 g/mol. The molecule has 1 aliphatic rings. The van der Waals surface area contributed by atoms with E-state index in [9.17, 15) is 8.42 Å². The molecule has 0 amide bonds. The van der Waals surface area contributed by atoms with E-state index in [4.69, 9.17) is 18.0 Å². The van der Waals surface area contributed by atoms with Crippen molar-refractivity contribution in [3.8, 4) is 0 Å². The van der Waals surface area contributed by atoms with Crippen LogP contribution >= 0.6 is 12.2 Å². The molecule has 0 saturated carbocycles. The molecule has 1 aliphatic heterocycles. The van der Waals surface area contributed by atoms with Gasteiger partial charge in [-0.2, -0.15) is 0 Å². The maximum atomic E-state index is 11.6. The maximum absolute atomic E-state index is 11.6. The first-order valence-electron chi connectivity index (χ1n) is 6.10. The van der Waals surface area contributed by atoms with Crippen LogP contribution in [-0.2, 0) is 9.84 Å². The molecular formula is C13H18N2O2S2. The van der Waals surface area contributed by atoms with Crippen LogP contribution in [0.5, 0.6) is 0 Å². The average Bonchev–Trinajstić information content (AvgIpc) is 2.55. The van der Waals surface area contributed by atoms with E-state index in [0.717, 1.165) is 16.8 Å². The Hall–Kier alpha value is -1.14. The minimum absolute atomic E-state index is 0.144. The fourth-order valence-corrected chi connectivity index (χ4v) is 4.67. The third kappa shape index (κ3) is 3.25. The van der Waals surface area contributed by atoms with Gasteiger partial charge in [0.2, 0.25) is 0 Å². The molecule has 0 radical (unpaired) electrons. The zero-order valence-electron chi connectivity index (χ0n) is 11.1. The van der Waals surface area contributed by atoms with Gasteiger partial charge in [0, 0.05) is 16.8 Å². The number of nitrogens with one attached hydrogen (secondary N) is 1. The van der Waals surface area contributed by atoms with Crippen LogP contribution < -0.4 is 11.1 Å². The molecule has 2 rings (SSSR count). The third-order valence-electron chi connectivity index (χ3n) is 3.38. The summed E-state index contributed by atoms with van der Waals surface area (Å²) in [6.07, 6.45) is 0.597. The summed E-state index contributed by atoms with van der Waals surface area (Å²) in [5, 5.41) is 3.30. The Morgan fingerprint density at radius 1 is 1.47 bits per heavy atom. The van der Waals surface area contributed by atoms with Crippen molar-refractivity contribution >= 4 is 32.7 Å². The van der Waals surface area contributed by atoms with Crippen molar-refractivity contribution < 1.29 is 8.42 Å². The summed E-state index contributed by atoms with van der Waals surface area (Å²) in [7, 11) is -2.94. The Balaban J connectivity index is 2.32. The van der Waals surface area contributed by atoms with Crippen LogP contribution in [-0.4, -0.2) is 30.5 Å². The van der Waals surface area contributed by atoms with Crippen molar-refractivity contribution in [1.29, 1.82) is 0 Å². The highest BCUT2D eigenvalue weighted by Gasteiger charge is 2.38. The second-order valence-corrected chi connectivity index (χ2v) is 8.06. The summed E-state index contributed by atoms with van der Waals surface area (Å²) >= 11 is 5.05. The van der Waals surface area contributed by atoms with Gasteiger partial charge in [0.1, 0.15) is 4.99 Å². The lowest BCUT2D eigenvalue weighted by molar-refractivity contribution is 0.574. The number of benzene rings is 1. The Labute approximate surface area is 119 Å². The molecule has 6 heteroatoms. The number of aryl methyl sites for hydroxylation is 1. The molecule has 1 saturated heterocycles. The number of sulfone groups is 1. The summed E-state index contributed by atoms with van der Waals surface area (Å²) in [6.45, 7) is 3.88. The van der Waals surface area contributed by atoms with Crippen molar-refractivity contribution in [1.82, 2.24) is 0 Å². The SMILES string of the molecule is Cc1ccc(NC2(C)CCS(=O)(=O)C2)c(C(N)=S)c1. The first kappa shape index (κ1) is 14.3. The third-order valence-corrected chi connectivity index (χ3v) is 5.50. The van der Waals surface area contributed by atoms with Gasteiger partial charge in [-0.15, -0.1) is 0 Å². The van der Waals surface area contributed by atoms with Crippen LogP contribution in [0.1, 0.15) is 24.5 Å². The first-order valence-corrected chi connectivity index (χ1v) is 8.33. The van der Waals surface area contributed by atoms with Crippen molar-refractivity contribution in [2.75, 3.05) is 16.8 Å². The highest BCUT2D eigenvalue weighted by Crippen LogP contribution is 2.29. The first-order chi connectivity index (χ1) is 8.71. The molecule has 1 unspecified atom stereocenters. The molecule has 3 N–H and O–H groups in total. The summed E-state index contributed by atoms with van der Waals surface area (Å²) in [6, 6.07) is 5.77. The molecule has 104 valence electrons. The van der Waals surface area contributed by atoms with Crippen LogP contribution in [0.4, 0.5) is 5.69 Å². The minimum atomic E-state index is -2.94. The standard InChI is InChI=1S/C13H18N2O2S2/c1-9-3-4-11(10(7-9)12(14)18)15-13(2)5-6-19(16,17)8-13/h3-4,7,15H,5-6,8H2,1-2H3,(H2,14,18). The topological polar surface area (TPSA) is 72.2 Å². The lowest BCUT2D eigenvalue weighted by Gasteiger charge is -2.27.